The molecule has 0 amide bonds. The Balaban J connectivity index is 1.90. The van der Waals surface area contributed by atoms with Crippen molar-refractivity contribution in [1.82, 2.24) is 0 Å². The number of methoxy groups -OCH3 is 1. The van der Waals surface area contributed by atoms with Crippen LogP contribution in [-0.2, 0) is 9.84 Å². The monoisotopic (exact) mass is 351 g/mol. The normalized spacial score (nSPS) is 23.5. The summed E-state index contributed by atoms with van der Waals surface area (Å²) in [6.45, 7) is 0.341. The van der Waals surface area contributed by atoms with Crippen molar-refractivity contribution in [2.75, 3.05) is 13.7 Å². The van der Waals surface area contributed by atoms with Gasteiger partial charge in [-0.15, -0.1) is 0 Å². The summed E-state index contributed by atoms with van der Waals surface area (Å²) >= 11 is 5.84. The lowest BCUT2D eigenvalue weighted by Crippen LogP contribution is -2.13. The van der Waals surface area contributed by atoms with Crippen LogP contribution in [0.3, 0.4) is 0 Å². The molecule has 2 aromatic carbocycles. The van der Waals surface area contributed by atoms with Gasteiger partial charge in [0.1, 0.15) is 5.75 Å². The summed E-state index contributed by atoms with van der Waals surface area (Å²) in [5.74, 6) is 0.603. The van der Waals surface area contributed by atoms with Crippen molar-refractivity contribution in [3.05, 3.63) is 59.1 Å². The van der Waals surface area contributed by atoms with Gasteiger partial charge in [0.05, 0.1) is 17.3 Å². The first kappa shape index (κ1) is 16.3. The smallest absolute Gasteiger partial charge is 0.182 e. The van der Waals surface area contributed by atoms with E-state index >= 15 is 0 Å². The average Bonchev–Trinajstić information content (AvgIpc) is 3.31. The van der Waals surface area contributed by atoms with Gasteiger partial charge in [-0.25, -0.2) is 8.42 Å². The third kappa shape index (κ3) is 2.96. The molecule has 0 heterocycles. The summed E-state index contributed by atoms with van der Waals surface area (Å²) in [6.07, 6.45) is 0. The van der Waals surface area contributed by atoms with Gasteiger partial charge in [-0.05, 0) is 54.4 Å². The van der Waals surface area contributed by atoms with Crippen LogP contribution in [0.4, 0.5) is 0 Å². The summed E-state index contributed by atoms with van der Waals surface area (Å²) in [6, 6.07) is 13.8. The van der Waals surface area contributed by atoms with E-state index < -0.39 is 15.1 Å². The van der Waals surface area contributed by atoms with Crippen molar-refractivity contribution < 1.29 is 13.2 Å². The standard InChI is InChI=1S/C17H18ClNO3S/c1-22-13-6-2-11(3-7-13)16-15(10-19)17(16)23(20,21)14-8-4-12(18)5-9-14/h2-9,15-17H,10,19H2,1H3/t15-,16+,17+/m1/s1. The minimum absolute atomic E-state index is 0.0657. The van der Waals surface area contributed by atoms with E-state index in [1.54, 1.807) is 31.4 Å². The fraction of sp³-hybridized carbons (Fsp3) is 0.294. The maximum atomic E-state index is 12.9. The Bertz CT molecular complexity index is 788. The zero-order valence-electron chi connectivity index (χ0n) is 12.6. The van der Waals surface area contributed by atoms with Gasteiger partial charge in [-0.2, -0.15) is 0 Å². The second-order valence-electron chi connectivity index (χ2n) is 5.66. The zero-order chi connectivity index (χ0) is 16.6. The average molecular weight is 352 g/mol. The van der Waals surface area contributed by atoms with Gasteiger partial charge in [0.15, 0.2) is 9.84 Å². The van der Waals surface area contributed by atoms with Gasteiger partial charge in [0, 0.05) is 10.9 Å². The van der Waals surface area contributed by atoms with Crippen LogP contribution in [0.1, 0.15) is 11.5 Å². The van der Waals surface area contributed by atoms with Crippen molar-refractivity contribution in [3.8, 4) is 5.75 Å². The summed E-state index contributed by atoms with van der Waals surface area (Å²) in [5.41, 5.74) is 6.77. The molecule has 3 rings (SSSR count). The number of rotatable bonds is 5. The van der Waals surface area contributed by atoms with Crippen LogP contribution < -0.4 is 10.5 Å². The fourth-order valence-corrected chi connectivity index (χ4v) is 5.44. The number of benzene rings is 2. The van der Waals surface area contributed by atoms with Crippen LogP contribution in [0.15, 0.2) is 53.4 Å². The lowest BCUT2D eigenvalue weighted by Gasteiger charge is -2.05. The van der Waals surface area contributed by atoms with Crippen LogP contribution >= 0.6 is 11.6 Å². The Labute approximate surface area is 141 Å². The Hall–Kier alpha value is -1.56. The number of ether oxygens (including phenoxy) is 1. The molecular formula is C17H18ClNO3S. The quantitative estimate of drug-likeness (QED) is 0.899. The lowest BCUT2D eigenvalue weighted by molar-refractivity contribution is 0.414. The first-order chi connectivity index (χ1) is 11.0. The van der Waals surface area contributed by atoms with E-state index in [9.17, 15) is 8.42 Å². The molecule has 23 heavy (non-hydrogen) atoms. The fourth-order valence-electron chi connectivity index (χ4n) is 3.09. The van der Waals surface area contributed by atoms with E-state index in [-0.39, 0.29) is 11.8 Å². The van der Waals surface area contributed by atoms with Gasteiger partial charge in [-0.1, -0.05) is 23.7 Å². The van der Waals surface area contributed by atoms with E-state index in [2.05, 4.69) is 0 Å². The third-order valence-corrected chi connectivity index (χ3v) is 6.91. The molecule has 1 aliphatic carbocycles. The minimum Gasteiger partial charge on any atom is -0.497 e. The molecule has 3 atom stereocenters. The molecular weight excluding hydrogens is 334 g/mol. The number of sulfone groups is 1. The highest BCUT2D eigenvalue weighted by atomic mass is 35.5. The molecule has 122 valence electrons. The molecule has 0 aromatic heterocycles. The molecule has 0 aliphatic heterocycles. The van der Waals surface area contributed by atoms with Gasteiger partial charge < -0.3 is 10.5 Å². The number of hydrogen-bond acceptors (Lipinski definition) is 4. The van der Waals surface area contributed by atoms with Gasteiger partial charge >= 0.3 is 0 Å². The summed E-state index contributed by atoms with van der Waals surface area (Å²) in [4.78, 5) is 0.293. The van der Waals surface area contributed by atoms with Crippen molar-refractivity contribution in [3.63, 3.8) is 0 Å². The van der Waals surface area contributed by atoms with Crippen molar-refractivity contribution in [2.24, 2.45) is 11.7 Å². The topological polar surface area (TPSA) is 69.4 Å². The van der Waals surface area contributed by atoms with Gasteiger partial charge in [-0.3, -0.25) is 0 Å². The third-order valence-electron chi connectivity index (χ3n) is 4.37. The summed E-state index contributed by atoms with van der Waals surface area (Å²) in [7, 11) is -1.83. The summed E-state index contributed by atoms with van der Waals surface area (Å²) < 4.78 is 30.9. The highest BCUT2D eigenvalue weighted by molar-refractivity contribution is 7.92. The SMILES string of the molecule is COc1ccc([C@H]2[C@@H](CN)[C@@H]2S(=O)(=O)c2ccc(Cl)cc2)cc1. The second kappa shape index (κ2) is 6.15. The van der Waals surface area contributed by atoms with Crippen molar-refractivity contribution in [1.29, 1.82) is 0 Å². The predicted octanol–water partition coefficient (Wildman–Crippen LogP) is 2.86. The zero-order valence-corrected chi connectivity index (χ0v) is 14.2. The first-order valence-corrected chi connectivity index (χ1v) is 9.25. The van der Waals surface area contributed by atoms with E-state index in [1.807, 2.05) is 24.3 Å². The highest BCUT2D eigenvalue weighted by Gasteiger charge is 2.57. The Morgan fingerprint density at radius 3 is 2.22 bits per heavy atom. The van der Waals surface area contributed by atoms with Crippen LogP contribution in [0.2, 0.25) is 5.02 Å². The number of hydrogen-bond donors (Lipinski definition) is 1. The second-order valence-corrected chi connectivity index (χ2v) is 8.20. The molecule has 1 aliphatic rings. The van der Waals surface area contributed by atoms with E-state index in [1.165, 1.54) is 0 Å². The molecule has 0 saturated heterocycles. The minimum atomic E-state index is -3.43. The molecule has 0 unspecified atom stereocenters. The largest absolute Gasteiger partial charge is 0.497 e. The Morgan fingerprint density at radius 2 is 1.70 bits per heavy atom. The van der Waals surface area contributed by atoms with Gasteiger partial charge in [0.25, 0.3) is 0 Å². The summed E-state index contributed by atoms with van der Waals surface area (Å²) in [5, 5.41) is 0.0314. The van der Waals surface area contributed by atoms with Crippen molar-refractivity contribution in [2.45, 2.75) is 16.1 Å². The molecule has 2 N–H and O–H groups in total. The molecule has 6 heteroatoms. The van der Waals surface area contributed by atoms with Crippen LogP contribution in [0, 0.1) is 5.92 Å². The van der Waals surface area contributed by atoms with Crippen LogP contribution in [-0.4, -0.2) is 27.3 Å². The van der Waals surface area contributed by atoms with Crippen LogP contribution in [0.5, 0.6) is 5.75 Å². The molecule has 0 bridgehead atoms. The molecule has 4 nitrogen and oxygen atoms in total. The van der Waals surface area contributed by atoms with Crippen molar-refractivity contribution >= 4 is 21.4 Å². The maximum Gasteiger partial charge on any atom is 0.182 e. The maximum absolute atomic E-state index is 12.9. The molecule has 2 aromatic rings. The van der Waals surface area contributed by atoms with E-state index in [0.717, 1.165) is 11.3 Å². The number of halogens is 1. The van der Waals surface area contributed by atoms with Crippen LogP contribution in [0.25, 0.3) is 0 Å². The molecule has 1 fully saturated rings. The van der Waals surface area contributed by atoms with Gasteiger partial charge in [0.2, 0.25) is 0 Å². The van der Waals surface area contributed by atoms with E-state index in [0.29, 0.717) is 16.5 Å². The Morgan fingerprint density at radius 1 is 1.09 bits per heavy atom. The molecule has 0 spiro atoms. The first-order valence-electron chi connectivity index (χ1n) is 7.32. The predicted molar refractivity (Wildman–Crippen MR) is 90.7 cm³/mol. The highest BCUT2D eigenvalue weighted by Crippen LogP contribution is 2.53. The van der Waals surface area contributed by atoms with E-state index in [4.69, 9.17) is 22.1 Å². The number of nitrogens with two attached hydrogens (primary N) is 1. The Kier molecular flexibility index (Phi) is 4.36. The molecule has 0 radical (unpaired) electrons. The lowest BCUT2D eigenvalue weighted by atomic mass is 10.1. The molecule has 1 saturated carbocycles.